The van der Waals surface area contributed by atoms with E-state index in [-0.39, 0.29) is 0 Å². The fourth-order valence-corrected chi connectivity index (χ4v) is 3.34. The minimum Gasteiger partial charge on any atom is -0.497 e. The van der Waals surface area contributed by atoms with E-state index in [1.807, 2.05) is 48.0 Å². The van der Waals surface area contributed by atoms with Crippen molar-refractivity contribution in [3.8, 4) is 11.5 Å². The Hall–Kier alpha value is -3.20. The number of hydrazone groups is 1. The molecule has 1 N–H and O–H groups in total. The number of methoxy groups -OCH3 is 2. The fraction of sp³-hybridized carbons (Fsp3) is 0.158. The van der Waals surface area contributed by atoms with Gasteiger partial charge in [0.25, 0.3) is 5.95 Å². The Balaban J connectivity index is 1.65. The zero-order valence-corrected chi connectivity index (χ0v) is 17.1. The van der Waals surface area contributed by atoms with Crippen LogP contribution in [0.3, 0.4) is 0 Å². The Morgan fingerprint density at radius 1 is 1.11 bits per heavy atom. The fourth-order valence-electron chi connectivity index (χ4n) is 2.98. The van der Waals surface area contributed by atoms with E-state index >= 15 is 0 Å². The molecule has 8 nitrogen and oxygen atoms in total. The van der Waals surface area contributed by atoms with E-state index in [2.05, 4.69) is 41.6 Å². The van der Waals surface area contributed by atoms with Crippen molar-refractivity contribution in [2.75, 3.05) is 19.6 Å². The van der Waals surface area contributed by atoms with E-state index in [4.69, 9.17) is 9.47 Å². The molecule has 2 aromatic heterocycles. The molecule has 0 radical (unpaired) electrons. The summed E-state index contributed by atoms with van der Waals surface area (Å²) in [7, 11) is 5.16. The third-order valence-electron chi connectivity index (χ3n) is 4.37. The highest BCUT2D eigenvalue weighted by atomic mass is 79.9. The summed E-state index contributed by atoms with van der Waals surface area (Å²) in [5.41, 5.74) is 6.07. The van der Waals surface area contributed by atoms with Crippen LogP contribution < -0.4 is 14.9 Å². The second kappa shape index (κ2) is 7.43. The van der Waals surface area contributed by atoms with Crippen molar-refractivity contribution >= 4 is 50.2 Å². The van der Waals surface area contributed by atoms with Crippen molar-refractivity contribution < 1.29 is 9.47 Å². The summed E-state index contributed by atoms with van der Waals surface area (Å²) in [5, 5.41) is 13.7. The Bertz CT molecular complexity index is 1200. The lowest BCUT2D eigenvalue weighted by Gasteiger charge is -2.06. The summed E-state index contributed by atoms with van der Waals surface area (Å²) in [6.07, 6.45) is 1.62. The Kier molecular flexibility index (Phi) is 4.82. The highest BCUT2D eigenvalue weighted by Gasteiger charge is 2.12. The van der Waals surface area contributed by atoms with Crippen molar-refractivity contribution in [1.29, 1.82) is 0 Å². The third kappa shape index (κ3) is 3.24. The van der Waals surface area contributed by atoms with E-state index in [0.717, 1.165) is 32.1 Å². The molecule has 28 heavy (non-hydrogen) atoms. The number of aryl methyl sites for hydroxylation is 1. The molecule has 0 aliphatic rings. The topological polar surface area (TPSA) is 86.5 Å². The SMILES string of the molecule is COc1ccc(OC)c(/C=N/Nc2nnc3c4cc(Br)ccc4n(C)c3n2)c1. The first-order chi connectivity index (χ1) is 13.6. The Labute approximate surface area is 169 Å². The van der Waals surface area contributed by atoms with Crippen LogP contribution in [-0.4, -0.2) is 40.2 Å². The predicted molar refractivity (Wildman–Crippen MR) is 112 cm³/mol. The van der Waals surface area contributed by atoms with Crippen LogP contribution in [0.5, 0.6) is 11.5 Å². The molecule has 0 fully saturated rings. The number of rotatable bonds is 5. The van der Waals surface area contributed by atoms with Crippen LogP contribution in [0, 0.1) is 0 Å². The van der Waals surface area contributed by atoms with E-state index in [9.17, 15) is 0 Å². The number of benzene rings is 2. The molecule has 2 aromatic carbocycles. The van der Waals surface area contributed by atoms with Crippen LogP contribution in [0.15, 0.2) is 46.0 Å². The lowest BCUT2D eigenvalue weighted by atomic mass is 10.2. The van der Waals surface area contributed by atoms with Gasteiger partial charge >= 0.3 is 0 Å². The van der Waals surface area contributed by atoms with Crippen LogP contribution in [0.1, 0.15) is 5.56 Å². The molecule has 0 aliphatic carbocycles. The van der Waals surface area contributed by atoms with Gasteiger partial charge in [0.15, 0.2) is 5.65 Å². The summed E-state index contributed by atoms with van der Waals surface area (Å²) < 4.78 is 13.5. The molecule has 9 heteroatoms. The summed E-state index contributed by atoms with van der Waals surface area (Å²) in [6.45, 7) is 0. The minimum absolute atomic E-state index is 0.301. The molecule has 0 saturated heterocycles. The summed E-state index contributed by atoms with van der Waals surface area (Å²) in [5.74, 6) is 1.69. The van der Waals surface area contributed by atoms with Gasteiger partial charge in [-0.1, -0.05) is 15.9 Å². The third-order valence-corrected chi connectivity index (χ3v) is 4.86. The van der Waals surface area contributed by atoms with Crippen molar-refractivity contribution in [1.82, 2.24) is 19.7 Å². The second-order valence-corrected chi connectivity index (χ2v) is 6.92. The molecule has 4 rings (SSSR count). The first-order valence-corrected chi connectivity index (χ1v) is 9.19. The number of hydrogen-bond acceptors (Lipinski definition) is 7. The van der Waals surface area contributed by atoms with Gasteiger partial charge in [0, 0.05) is 22.5 Å². The smallest absolute Gasteiger partial charge is 0.265 e. The number of fused-ring (bicyclic) bond motifs is 3. The molecule has 0 aliphatic heterocycles. The van der Waals surface area contributed by atoms with Gasteiger partial charge in [0.1, 0.15) is 17.0 Å². The van der Waals surface area contributed by atoms with Gasteiger partial charge in [-0.3, -0.25) is 0 Å². The molecule has 0 bridgehead atoms. The average Bonchev–Trinajstić information content (AvgIpc) is 2.99. The van der Waals surface area contributed by atoms with Crippen LogP contribution in [0.2, 0.25) is 0 Å². The highest BCUT2D eigenvalue weighted by Crippen LogP contribution is 2.28. The first kappa shape index (κ1) is 18.2. The van der Waals surface area contributed by atoms with Crippen LogP contribution in [0.4, 0.5) is 5.95 Å². The number of anilines is 1. The van der Waals surface area contributed by atoms with Crippen LogP contribution in [0.25, 0.3) is 22.1 Å². The van der Waals surface area contributed by atoms with Gasteiger partial charge in [-0.25, -0.2) is 5.43 Å². The van der Waals surface area contributed by atoms with E-state index in [1.165, 1.54) is 0 Å². The largest absolute Gasteiger partial charge is 0.497 e. The zero-order chi connectivity index (χ0) is 19.7. The molecule has 4 aromatic rings. The number of ether oxygens (including phenoxy) is 2. The van der Waals surface area contributed by atoms with Gasteiger partial charge in [-0.15, -0.1) is 10.2 Å². The maximum absolute atomic E-state index is 5.34. The van der Waals surface area contributed by atoms with Gasteiger partial charge in [0.05, 0.1) is 26.0 Å². The summed E-state index contributed by atoms with van der Waals surface area (Å²) in [4.78, 5) is 4.54. The van der Waals surface area contributed by atoms with Crippen molar-refractivity contribution in [2.24, 2.45) is 12.1 Å². The molecule has 0 amide bonds. The van der Waals surface area contributed by atoms with E-state index < -0.39 is 0 Å². The van der Waals surface area contributed by atoms with Crippen LogP contribution >= 0.6 is 15.9 Å². The maximum Gasteiger partial charge on any atom is 0.265 e. The zero-order valence-electron chi connectivity index (χ0n) is 15.5. The Morgan fingerprint density at radius 2 is 1.96 bits per heavy atom. The molecule has 0 spiro atoms. The number of halogens is 1. The predicted octanol–water partition coefficient (Wildman–Crippen LogP) is 3.74. The van der Waals surface area contributed by atoms with Gasteiger partial charge in [0.2, 0.25) is 0 Å². The molecule has 0 atom stereocenters. The Morgan fingerprint density at radius 3 is 2.75 bits per heavy atom. The number of nitrogens with one attached hydrogen (secondary N) is 1. The van der Waals surface area contributed by atoms with Gasteiger partial charge in [-0.2, -0.15) is 10.1 Å². The molecule has 2 heterocycles. The number of aromatic nitrogens is 4. The molecule has 142 valence electrons. The molecular weight excluding hydrogens is 424 g/mol. The lowest BCUT2D eigenvalue weighted by molar-refractivity contribution is 0.402. The lowest BCUT2D eigenvalue weighted by Crippen LogP contribution is -2.01. The first-order valence-electron chi connectivity index (χ1n) is 8.40. The van der Waals surface area contributed by atoms with E-state index in [1.54, 1.807) is 20.4 Å². The number of hydrogen-bond donors (Lipinski definition) is 1. The van der Waals surface area contributed by atoms with Crippen molar-refractivity contribution in [2.45, 2.75) is 0 Å². The maximum atomic E-state index is 5.34. The second-order valence-electron chi connectivity index (χ2n) is 6.01. The van der Waals surface area contributed by atoms with Crippen LogP contribution in [-0.2, 0) is 7.05 Å². The van der Waals surface area contributed by atoms with Crippen molar-refractivity contribution in [3.05, 3.63) is 46.4 Å². The minimum atomic E-state index is 0.301. The standard InChI is InChI=1S/C19H17BrN6O2/c1-26-15-6-4-12(20)9-14(15)17-18(26)22-19(25-23-17)24-21-10-11-8-13(27-2)5-7-16(11)28-3/h4-10H,1-3H3,(H,22,24,25)/b21-10+. The van der Waals surface area contributed by atoms with E-state index in [0.29, 0.717) is 17.4 Å². The molecule has 0 unspecified atom stereocenters. The normalized spacial score (nSPS) is 11.4. The van der Waals surface area contributed by atoms with Crippen molar-refractivity contribution in [3.63, 3.8) is 0 Å². The van der Waals surface area contributed by atoms with Gasteiger partial charge < -0.3 is 14.0 Å². The highest BCUT2D eigenvalue weighted by molar-refractivity contribution is 9.10. The summed E-state index contributed by atoms with van der Waals surface area (Å²) in [6, 6.07) is 11.5. The summed E-state index contributed by atoms with van der Waals surface area (Å²) >= 11 is 3.49. The quantitative estimate of drug-likeness (QED) is 0.375. The monoisotopic (exact) mass is 440 g/mol. The van der Waals surface area contributed by atoms with Gasteiger partial charge in [-0.05, 0) is 36.4 Å². The molecular formula is C19H17BrN6O2. The number of nitrogens with zero attached hydrogens (tertiary/aromatic N) is 5. The average molecular weight is 441 g/mol. The molecule has 0 saturated carbocycles.